The first-order valence-corrected chi connectivity index (χ1v) is 19.7. The zero-order valence-corrected chi connectivity index (χ0v) is 31.5. The summed E-state index contributed by atoms with van der Waals surface area (Å²) in [4.78, 5) is 4.98. The molecule has 0 heterocycles. The van der Waals surface area contributed by atoms with Crippen LogP contribution in [-0.4, -0.2) is 0 Å². The Bertz CT molecular complexity index is 2650. The molecule has 2 heteroatoms. The second kappa shape index (κ2) is 13.5. The number of hydrogen-bond donors (Lipinski definition) is 0. The molecule has 0 N–H and O–H groups in total. The Kier molecular flexibility index (Phi) is 8.14. The van der Waals surface area contributed by atoms with E-state index >= 15 is 0 Å². The normalized spacial score (nSPS) is 13.9. The Morgan fingerprint density at radius 3 is 1.53 bits per heavy atom. The Morgan fingerprint density at radius 1 is 0.364 bits per heavy atom. The lowest BCUT2D eigenvalue weighted by molar-refractivity contribution is 0.660. The highest BCUT2D eigenvalue weighted by Crippen LogP contribution is 2.51. The summed E-state index contributed by atoms with van der Waals surface area (Å²) in [5.41, 5.74) is 18.1. The number of aryl methyl sites for hydroxylation is 4. The number of anilines is 6. The third-order valence-electron chi connectivity index (χ3n) is 12.0. The van der Waals surface area contributed by atoms with Crippen molar-refractivity contribution in [3.8, 4) is 11.1 Å². The fraction of sp³-hybridized carbons (Fsp3) is 0.132. The Hall–Kier alpha value is -6.38. The quantitative estimate of drug-likeness (QED) is 0.170. The van der Waals surface area contributed by atoms with Gasteiger partial charge in [-0.25, -0.2) is 0 Å². The molecule has 266 valence electrons. The van der Waals surface area contributed by atoms with Crippen LogP contribution in [0.1, 0.15) is 47.2 Å². The topological polar surface area (TPSA) is 6.48 Å². The van der Waals surface area contributed by atoms with Crippen molar-refractivity contribution in [2.75, 3.05) is 9.80 Å². The van der Waals surface area contributed by atoms with Gasteiger partial charge in [-0.1, -0.05) is 135 Å². The van der Waals surface area contributed by atoms with E-state index in [1.54, 1.807) is 0 Å². The molecule has 2 nitrogen and oxygen atoms in total. The lowest BCUT2D eigenvalue weighted by Crippen LogP contribution is -2.17. The molecule has 0 unspecified atom stereocenters. The first-order valence-electron chi connectivity index (χ1n) is 19.7. The van der Waals surface area contributed by atoms with Crippen molar-refractivity contribution in [3.05, 3.63) is 215 Å². The number of benzene rings is 8. The molecule has 0 fully saturated rings. The first-order chi connectivity index (χ1) is 27.0. The third kappa shape index (κ3) is 5.90. The average molecular weight is 709 g/mol. The molecule has 0 amide bonds. The van der Waals surface area contributed by atoms with Crippen LogP contribution in [0.15, 0.2) is 182 Å². The van der Waals surface area contributed by atoms with Gasteiger partial charge in [-0.05, 0) is 142 Å². The Labute approximate surface area is 325 Å². The van der Waals surface area contributed by atoms with Crippen LogP contribution in [0, 0.1) is 0 Å². The molecule has 0 saturated carbocycles. The van der Waals surface area contributed by atoms with Crippen molar-refractivity contribution in [3.63, 3.8) is 0 Å². The van der Waals surface area contributed by atoms with Gasteiger partial charge < -0.3 is 9.80 Å². The van der Waals surface area contributed by atoms with E-state index in [0.717, 1.165) is 25.7 Å². The Morgan fingerprint density at radius 2 is 0.873 bits per heavy atom. The minimum Gasteiger partial charge on any atom is -0.310 e. The van der Waals surface area contributed by atoms with Gasteiger partial charge in [-0.2, -0.15) is 0 Å². The van der Waals surface area contributed by atoms with Crippen LogP contribution in [0.2, 0.25) is 0 Å². The van der Waals surface area contributed by atoms with Crippen LogP contribution >= 0.6 is 0 Å². The van der Waals surface area contributed by atoms with Crippen LogP contribution in [-0.2, 0) is 31.1 Å². The molecule has 0 aromatic heterocycles. The van der Waals surface area contributed by atoms with Crippen molar-refractivity contribution in [1.82, 2.24) is 0 Å². The summed E-state index contributed by atoms with van der Waals surface area (Å²) in [6, 6.07) is 67.9. The highest BCUT2D eigenvalue weighted by molar-refractivity contribution is 5.91. The van der Waals surface area contributed by atoms with Crippen molar-refractivity contribution in [1.29, 1.82) is 0 Å². The van der Waals surface area contributed by atoms with Gasteiger partial charge in [0.2, 0.25) is 0 Å². The number of rotatable bonds is 6. The maximum Gasteiger partial charge on any atom is 0.0496 e. The molecule has 0 aliphatic heterocycles. The van der Waals surface area contributed by atoms with E-state index in [9.17, 15) is 0 Å². The zero-order valence-electron chi connectivity index (χ0n) is 31.5. The smallest absolute Gasteiger partial charge is 0.0496 e. The summed E-state index contributed by atoms with van der Waals surface area (Å²) in [6.45, 7) is 4.75. The summed E-state index contributed by atoms with van der Waals surface area (Å²) in [6.07, 6.45) is 3.74. The third-order valence-corrected chi connectivity index (χ3v) is 12.0. The molecule has 4 bridgehead atoms. The van der Waals surface area contributed by atoms with Crippen LogP contribution < -0.4 is 9.80 Å². The lowest BCUT2D eigenvalue weighted by Gasteiger charge is -2.31. The summed E-state index contributed by atoms with van der Waals surface area (Å²) in [5, 5.41) is 2.51. The second-order valence-corrected chi connectivity index (χ2v) is 15.7. The molecule has 0 spiro atoms. The van der Waals surface area contributed by atoms with Crippen LogP contribution in [0.5, 0.6) is 0 Å². The van der Waals surface area contributed by atoms with E-state index in [2.05, 4.69) is 206 Å². The van der Waals surface area contributed by atoms with E-state index in [1.165, 1.54) is 89.4 Å². The van der Waals surface area contributed by atoms with Crippen molar-refractivity contribution < 1.29 is 0 Å². The number of hydrogen-bond acceptors (Lipinski definition) is 2. The second-order valence-electron chi connectivity index (χ2n) is 15.7. The van der Waals surface area contributed by atoms with Gasteiger partial charge in [-0.3, -0.25) is 0 Å². The van der Waals surface area contributed by atoms with Gasteiger partial charge >= 0.3 is 0 Å². The summed E-state index contributed by atoms with van der Waals surface area (Å²) in [7, 11) is 0. The maximum absolute atomic E-state index is 2.54. The molecule has 5 aliphatic carbocycles. The van der Waals surface area contributed by atoms with Crippen LogP contribution in [0.25, 0.3) is 21.9 Å². The van der Waals surface area contributed by atoms with Crippen molar-refractivity contribution in [2.24, 2.45) is 0 Å². The molecular formula is C53H44N2. The van der Waals surface area contributed by atoms with Crippen LogP contribution in [0.3, 0.4) is 0 Å². The summed E-state index contributed by atoms with van der Waals surface area (Å²) >= 11 is 0. The molecule has 0 radical (unpaired) electrons. The van der Waals surface area contributed by atoms with E-state index in [1.807, 2.05) is 0 Å². The van der Waals surface area contributed by atoms with Gasteiger partial charge in [0.05, 0.1) is 0 Å². The van der Waals surface area contributed by atoms with E-state index in [0.29, 0.717) is 0 Å². The number of nitrogens with zero attached hydrogens (tertiary/aromatic N) is 2. The van der Waals surface area contributed by atoms with Crippen LogP contribution in [0.4, 0.5) is 34.1 Å². The fourth-order valence-corrected chi connectivity index (χ4v) is 9.08. The summed E-state index contributed by atoms with van der Waals surface area (Å²) < 4.78 is 0. The predicted octanol–water partition coefficient (Wildman–Crippen LogP) is 14.0. The van der Waals surface area contributed by atoms with Crippen molar-refractivity contribution >= 4 is 44.9 Å². The molecule has 8 aromatic rings. The Balaban J connectivity index is 1.10. The predicted molar refractivity (Wildman–Crippen MR) is 232 cm³/mol. The maximum atomic E-state index is 2.54. The van der Waals surface area contributed by atoms with E-state index in [-0.39, 0.29) is 5.41 Å². The molecule has 0 saturated heterocycles. The van der Waals surface area contributed by atoms with Gasteiger partial charge in [0.25, 0.3) is 0 Å². The molecule has 5 aliphatic rings. The largest absolute Gasteiger partial charge is 0.310 e. The summed E-state index contributed by atoms with van der Waals surface area (Å²) in [5.74, 6) is 0. The molecule has 55 heavy (non-hydrogen) atoms. The highest BCUT2D eigenvalue weighted by atomic mass is 15.2. The minimum absolute atomic E-state index is 0.0878. The van der Waals surface area contributed by atoms with E-state index in [4.69, 9.17) is 0 Å². The van der Waals surface area contributed by atoms with Gasteiger partial charge in [-0.15, -0.1) is 0 Å². The van der Waals surface area contributed by atoms with Gasteiger partial charge in [0, 0.05) is 39.5 Å². The monoisotopic (exact) mass is 708 g/mol. The number of para-hydroxylation sites is 2. The molecule has 13 rings (SSSR count). The SMILES string of the molecule is CC1(C)c2ccccc2-c2ccc(N(c3ccc4ccccc4c3)c3cc4ccc3CCc3ccc(c(N(c5ccccc5)c5ccccc5)c3)CC4)cc21. The number of fused-ring (bicyclic) bond motifs is 4. The zero-order chi connectivity index (χ0) is 36.9. The average Bonchev–Trinajstić information content (AvgIpc) is 3.45. The first kappa shape index (κ1) is 33.2. The molecule has 8 aromatic carbocycles. The van der Waals surface area contributed by atoms with E-state index < -0.39 is 0 Å². The highest BCUT2D eigenvalue weighted by Gasteiger charge is 2.36. The molecule has 0 atom stereocenters. The minimum atomic E-state index is -0.0878. The molecular weight excluding hydrogens is 665 g/mol. The van der Waals surface area contributed by atoms with Crippen molar-refractivity contribution in [2.45, 2.75) is 44.9 Å². The fourth-order valence-electron chi connectivity index (χ4n) is 9.08. The standard InChI is InChI=1S/C53H44N2/c1-53(2)49-20-12-11-19-47(49)48-32-31-46(36-50(48)53)55(45-30-29-39-13-9-10-14-42(39)35-45)52-34-38-22-26-40-25-21-37(23-27-41(52)28-24-38)33-51(40)54(43-15-5-3-6-16-43)44-17-7-4-8-18-44/h3-21,24-25,28-36H,22-23,26-27H2,1-2H3. The van der Waals surface area contributed by atoms with Gasteiger partial charge in [0.15, 0.2) is 0 Å². The van der Waals surface area contributed by atoms with Gasteiger partial charge in [0.1, 0.15) is 0 Å². The lowest BCUT2D eigenvalue weighted by atomic mass is 9.82.